The predicted molar refractivity (Wildman–Crippen MR) is 138 cm³/mol. The average molecular weight is 495 g/mol. The lowest BCUT2D eigenvalue weighted by Crippen LogP contribution is -2.37. The van der Waals surface area contributed by atoms with Crippen molar-refractivity contribution in [3.63, 3.8) is 0 Å². The average Bonchev–Trinajstić information content (AvgIpc) is 3.74. The van der Waals surface area contributed by atoms with Crippen LogP contribution in [0.1, 0.15) is 42.5 Å². The highest BCUT2D eigenvalue weighted by Crippen LogP contribution is 2.35. The van der Waals surface area contributed by atoms with Crippen LogP contribution in [0.4, 0.5) is 0 Å². The first-order valence-electron chi connectivity index (χ1n) is 12.1. The van der Waals surface area contributed by atoms with Crippen molar-refractivity contribution in [3.8, 4) is 5.69 Å². The molecule has 0 spiro atoms. The minimum atomic E-state index is -0.323. The van der Waals surface area contributed by atoms with Crippen LogP contribution in [0, 0.1) is 0 Å². The van der Waals surface area contributed by atoms with Crippen molar-refractivity contribution in [2.75, 3.05) is 13.6 Å². The van der Waals surface area contributed by atoms with Gasteiger partial charge in [-0.25, -0.2) is 14.7 Å². The lowest BCUT2D eigenvalue weighted by atomic mass is 10.1. The summed E-state index contributed by atoms with van der Waals surface area (Å²) in [5.74, 6) is 1.26. The number of fused-ring (bicyclic) bond motifs is 1. The van der Waals surface area contributed by atoms with Crippen LogP contribution in [0.15, 0.2) is 99.6 Å². The molecular weight excluding hydrogens is 468 g/mol. The summed E-state index contributed by atoms with van der Waals surface area (Å²) in [6.07, 6.45) is 5.30. The maximum atomic E-state index is 13.5. The molecule has 186 valence electrons. The van der Waals surface area contributed by atoms with Crippen LogP contribution < -0.4 is 0 Å². The molecule has 0 radical (unpaired) electrons. The molecule has 2 atom stereocenters. The Kier molecular flexibility index (Phi) is 5.90. The third kappa shape index (κ3) is 4.45. The number of aromatic nitrogens is 3. The predicted octanol–water partition coefficient (Wildman–Crippen LogP) is 4.98. The second-order valence-corrected chi connectivity index (χ2v) is 9.19. The largest absolute Gasteiger partial charge is 0.467 e. The van der Waals surface area contributed by atoms with E-state index in [4.69, 9.17) is 13.9 Å². The van der Waals surface area contributed by atoms with Crippen molar-refractivity contribution in [2.24, 2.45) is 5.10 Å². The van der Waals surface area contributed by atoms with Gasteiger partial charge in [-0.3, -0.25) is 9.69 Å². The highest BCUT2D eigenvalue weighted by molar-refractivity contribution is 6.03. The van der Waals surface area contributed by atoms with Gasteiger partial charge < -0.3 is 8.83 Å². The number of para-hydroxylation sites is 1. The standard InChI is InChI=1S/C28H26N6O3/c1-19(20-9-11-22(12-10-20)33-18-29-17-30-33)32(2)16-28(35)34-24(26-8-5-13-36-26)15-23(31-34)27-14-21-6-3-4-7-25(21)37-27/h3-14,17-19,24H,15-16H2,1-2H3. The molecule has 0 fully saturated rings. The van der Waals surface area contributed by atoms with Gasteiger partial charge in [-0.1, -0.05) is 30.3 Å². The molecule has 3 aromatic heterocycles. The number of carbonyl (C=O) groups is 1. The van der Waals surface area contributed by atoms with Crippen LogP contribution in [0.2, 0.25) is 0 Å². The maximum absolute atomic E-state index is 13.5. The maximum Gasteiger partial charge on any atom is 0.257 e. The van der Waals surface area contributed by atoms with E-state index in [1.54, 1.807) is 22.3 Å². The van der Waals surface area contributed by atoms with Crippen LogP contribution in [0.3, 0.4) is 0 Å². The molecule has 0 saturated carbocycles. The lowest BCUT2D eigenvalue weighted by molar-refractivity contribution is -0.134. The zero-order chi connectivity index (χ0) is 25.4. The molecule has 1 aliphatic heterocycles. The van der Waals surface area contributed by atoms with Gasteiger partial charge in [0.25, 0.3) is 5.91 Å². The Hall–Kier alpha value is -4.50. The minimum Gasteiger partial charge on any atom is -0.467 e. The fourth-order valence-corrected chi connectivity index (χ4v) is 4.64. The van der Waals surface area contributed by atoms with Gasteiger partial charge in [0.05, 0.1) is 18.5 Å². The number of nitrogens with zero attached hydrogens (tertiary/aromatic N) is 6. The molecule has 9 heteroatoms. The molecule has 1 amide bonds. The minimum absolute atomic E-state index is 0.0113. The molecule has 0 aliphatic carbocycles. The molecule has 6 rings (SSSR count). The molecule has 5 aromatic rings. The van der Waals surface area contributed by atoms with Gasteiger partial charge in [-0.15, -0.1) is 0 Å². The molecule has 1 aliphatic rings. The highest BCUT2D eigenvalue weighted by Gasteiger charge is 2.36. The topological polar surface area (TPSA) is 92.9 Å². The number of carbonyl (C=O) groups excluding carboxylic acids is 1. The Balaban J connectivity index is 1.21. The van der Waals surface area contributed by atoms with Crippen LogP contribution in [-0.4, -0.2) is 49.9 Å². The van der Waals surface area contributed by atoms with E-state index in [0.717, 1.165) is 27.9 Å². The SMILES string of the molecule is CC(c1ccc(-n2cncn2)cc1)N(C)CC(=O)N1N=C(c2cc3ccccc3o2)CC1c1ccco1. The number of hydrazone groups is 1. The second-order valence-electron chi connectivity index (χ2n) is 9.19. The smallest absolute Gasteiger partial charge is 0.257 e. The van der Waals surface area contributed by atoms with E-state index in [2.05, 4.69) is 17.0 Å². The quantitative estimate of drug-likeness (QED) is 0.317. The first kappa shape index (κ1) is 22.9. The monoisotopic (exact) mass is 494 g/mol. The van der Waals surface area contributed by atoms with Crippen molar-refractivity contribution in [3.05, 3.63) is 103 Å². The lowest BCUT2D eigenvalue weighted by Gasteiger charge is -2.27. The molecule has 0 bridgehead atoms. The molecule has 0 N–H and O–H groups in total. The number of likely N-dealkylation sites (N-methyl/N-ethyl adjacent to an activating group) is 1. The molecule has 2 unspecified atom stereocenters. The molecular formula is C28H26N6O3. The van der Waals surface area contributed by atoms with E-state index in [1.807, 2.05) is 78.7 Å². The van der Waals surface area contributed by atoms with Gasteiger partial charge in [0.1, 0.15) is 35.8 Å². The van der Waals surface area contributed by atoms with E-state index >= 15 is 0 Å². The number of hydrogen-bond donors (Lipinski definition) is 0. The number of furan rings is 2. The van der Waals surface area contributed by atoms with Gasteiger partial charge in [0, 0.05) is 17.8 Å². The number of hydrogen-bond acceptors (Lipinski definition) is 7. The van der Waals surface area contributed by atoms with E-state index in [-0.39, 0.29) is 24.5 Å². The summed E-state index contributed by atoms with van der Waals surface area (Å²) < 4.78 is 13.4. The molecule has 4 heterocycles. The van der Waals surface area contributed by atoms with Gasteiger partial charge in [-0.05, 0) is 55.9 Å². The summed E-state index contributed by atoms with van der Waals surface area (Å²) in [4.78, 5) is 19.5. The Morgan fingerprint density at radius 2 is 1.97 bits per heavy atom. The summed E-state index contributed by atoms with van der Waals surface area (Å²) in [6.45, 7) is 2.27. The fourth-order valence-electron chi connectivity index (χ4n) is 4.64. The summed E-state index contributed by atoms with van der Waals surface area (Å²) in [5.41, 5.74) is 3.54. The van der Waals surface area contributed by atoms with E-state index in [1.165, 1.54) is 6.33 Å². The third-order valence-electron chi connectivity index (χ3n) is 6.85. The fraction of sp³-hybridized carbons (Fsp3) is 0.214. The van der Waals surface area contributed by atoms with E-state index < -0.39 is 0 Å². The third-order valence-corrected chi connectivity index (χ3v) is 6.85. The van der Waals surface area contributed by atoms with E-state index in [9.17, 15) is 4.79 Å². The normalized spacial score (nSPS) is 16.5. The highest BCUT2D eigenvalue weighted by atomic mass is 16.3. The zero-order valence-corrected chi connectivity index (χ0v) is 20.6. The van der Waals surface area contributed by atoms with Gasteiger partial charge >= 0.3 is 0 Å². The zero-order valence-electron chi connectivity index (χ0n) is 20.6. The van der Waals surface area contributed by atoms with Crippen molar-refractivity contribution in [1.29, 1.82) is 0 Å². The summed E-state index contributed by atoms with van der Waals surface area (Å²) >= 11 is 0. The summed E-state index contributed by atoms with van der Waals surface area (Å²) in [7, 11) is 1.94. The van der Waals surface area contributed by atoms with Crippen LogP contribution in [-0.2, 0) is 4.79 Å². The molecule has 9 nitrogen and oxygen atoms in total. The van der Waals surface area contributed by atoms with Crippen LogP contribution in [0.5, 0.6) is 0 Å². The molecule has 0 saturated heterocycles. The van der Waals surface area contributed by atoms with E-state index in [0.29, 0.717) is 17.9 Å². The Labute approximate surface area is 213 Å². The molecule has 2 aromatic carbocycles. The Bertz CT molecular complexity index is 1500. The van der Waals surface area contributed by atoms with Crippen molar-refractivity contribution in [1.82, 2.24) is 24.7 Å². The first-order valence-corrected chi connectivity index (χ1v) is 12.1. The second kappa shape index (κ2) is 9.51. The first-order chi connectivity index (χ1) is 18.1. The Morgan fingerprint density at radius 3 is 2.70 bits per heavy atom. The number of amides is 1. The van der Waals surface area contributed by atoms with Crippen LogP contribution in [0.25, 0.3) is 16.7 Å². The van der Waals surface area contributed by atoms with Crippen molar-refractivity contribution < 1.29 is 13.6 Å². The number of benzene rings is 2. The van der Waals surface area contributed by atoms with Gasteiger partial charge in [0.2, 0.25) is 0 Å². The van der Waals surface area contributed by atoms with Crippen molar-refractivity contribution >= 4 is 22.6 Å². The Morgan fingerprint density at radius 1 is 1.14 bits per heavy atom. The molecule has 37 heavy (non-hydrogen) atoms. The van der Waals surface area contributed by atoms with Crippen LogP contribution >= 0.6 is 0 Å². The number of rotatable bonds is 7. The van der Waals surface area contributed by atoms with Crippen molar-refractivity contribution in [2.45, 2.75) is 25.4 Å². The van der Waals surface area contributed by atoms with Gasteiger partial charge in [0.15, 0.2) is 5.76 Å². The summed E-state index contributed by atoms with van der Waals surface area (Å²) in [6, 6.07) is 21.3. The van der Waals surface area contributed by atoms with Gasteiger partial charge in [-0.2, -0.15) is 10.2 Å². The summed E-state index contributed by atoms with van der Waals surface area (Å²) in [5, 5.41) is 11.4.